The second kappa shape index (κ2) is 18.3. The van der Waals surface area contributed by atoms with Gasteiger partial charge in [-0.05, 0) is 10.6 Å². The fraction of sp³-hybridized carbons (Fsp3) is 0.0769. The zero-order chi connectivity index (χ0) is 33.0. The SMILES string of the molecule is ClCCl.[Ni+2].[O-]c1ccccc1P(=NCCN=P(c1ccccc1)(c1ccccc1)c1ccccc1[O-])(c1ccccc1)c1ccccc1. The molecule has 0 heterocycles. The summed E-state index contributed by atoms with van der Waals surface area (Å²) in [6.45, 7) is 0.767. The Labute approximate surface area is 303 Å². The number of hydrogen-bond acceptors (Lipinski definition) is 4. The van der Waals surface area contributed by atoms with Crippen LogP contribution in [0.1, 0.15) is 0 Å². The van der Waals surface area contributed by atoms with E-state index in [0.29, 0.717) is 23.7 Å². The fourth-order valence-corrected chi connectivity index (χ4v) is 13.0. The smallest absolute Gasteiger partial charge is 0.872 e. The van der Waals surface area contributed by atoms with Crippen molar-refractivity contribution in [3.8, 4) is 11.5 Å². The normalized spacial score (nSPS) is 11.0. The van der Waals surface area contributed by atoms with Crippen molar-refractivity contribution < 1.29 is 26.7 Å². The Bertz CT molecular complexity index is 1750. The molecule has 4 nitrogen and oxygen atoms in total. The van der Waals surface area contributed by atoms with Crippen molar-refractivity contribution >= 4 is 69.1 Å². The number of alkyl halides is 2. The molecule has 0 fully saturated rings. The Morgan fingerprint density at radius 1 is 0.396 bits per heavy atom. The fourth-order valence-electron chi connectivity index (χ4n) is 5.75. The molecular formula is C39H34Cl2N2NiO2P2. The van der Waals surface area contributed by atoms with Gasteiger partial charge in [-0.3, -0.25) is 9.49 Å². The molecule has 0 aromatic heterocycles. The summed E-state index contributed by atoms with van der Waals surface area (Å²) < 4.78 is 11.0. The molecule has 0 radical (unpaired) electrons. The maximum atomic E-state index is 13.5. The van der Waals surface area contributed by atoms with E-state index in [1.165, 1.54) is 0 Å². The van der Waals surface area contributed by atoms with Crippen molar-refractivity contribution in [2.45, 2.75) is 0 Å². The van der Waals surface area contributed by atoms with Crippen LogP contribution >= 0.6 is 37.3 Å². The first kappa shape index (κ1) is 37.3. The third kappa shape index (κ3) is 8.01. The van der Waals surface area contributed by atoms with Crippen LogP contribution in [0.15, 0.2) is 179 Å². The van der Waals surface area contributed by atoms with Gasteiger partial charge in [0.2, 0.25) is 0 Å². The molecular weight excluding hydrogens is 720 g/mol. The van der Waals surface area contributed by atoms with E-state index in [1.54, 1.807) is 24.3 Å². The van der Waals surface area contributed by atoms with Crippen LogP contribution in [0.2, 0.25) is 0 Å². The largest absolute Gasteiger partial charge is 2.00 e. The van der Waals surface area contributed by atoms with E-state index >= 15 is 0 Å². The van der Waals surface area contributed by atoms with Gasteiger partial charge in [-0.2, -0.15) is 0 Å². The molecule has 0 N–H and O–H groups in total. The van der Waals surface area contributed by atoms with Crippen LogP contribution in [-0.2, 0) is 16.5 Å². The van der Waals surface area contributed by atoms with Crippen LogP contribution in [-0.4, -0.2) is 18.4 Å². The number of hydrogen-bond donors (Lipinski definition) is 0. The summed E-state index contributed by atoms with van der Waals surface area (Å²) in [5.41, 5.74) is 0. The zero-order valence-corrected chi connectivity index (χ0v) is 30.3. The first-order valence-electron chi connectivity index (χ1n) is 15.1. The van der Waals surface area contributed by atoms with E-state index in [9.17, 15) is 10.2 Å². The molecule has 0 spiro atoms. The molecule has 0 amide bonds. The minimum atomic E-state index is -2.70. The third-order valence-electron chi connectivity index (χ3n) is 7.67. The van der Waals surface area contributed by atoms with Crippen LogP contribution in [0.4, 0.5) is 0 Å². The monoisotopic (exact) mass is 752 g/mol. The van der Waals surface area contributed by atoms with Crippen molar-refractivity contribution in [3.63, 3.8) is 0 Å². The van der Waals surface area contributed by atoms with Gasteiger partial charge in [0.05, 0.1) is 32.5 Å². The summed E-state index contributed by atoms with van der Waals surface area (Å²) in [4.78, 5) is 0. The van der Waals surface area contributed by atoms with Crippen LogP contribution in [0.25, 0.3) is 0 Å². The predicted molar refractivity (Wildman–Crippen MR) is 200 cm³/mol. The number of halogens is 2. The van der Waals surface area contributed by atoms with Gasteiger partial charge in [-0.25, -0.2) is 0 Å². The quantitative estimate of drug-likeness (QED) is 0.0698. The molecule has 0 bridgehead atoms. The second-order valence-electron chi connectivity index (χ2n) is 10.4. The van der Waals surface area contributed by atoms with Gasteiger partial charge >= 0.3 is 16.5 Å². The molecule has 6 rings (SSSR count). The topological polar surface area (TPSA) is 70.8 Å². The second-order valence-corrected chi connectivity index (χ2v) is 17.3. The van der Waals surface area contributed by atoms with Gasteiger partial charge in [-0.1, -0.05) is 181 Å². The molecule has 48 heavy (non-hydrogen) atoms. The summed E-state index contributed by atoms with van der Waals surface area (Å²) in [6, 6.07) is 55.1. The predicted octanol–water partition coefficient (Wildman–Crippen LogP) is 6.91. The average Bonchev–Trinajstić information content (AvgIpc) is 3.13. The number of para-hydroxylation sites is 2. The molecule has 246 valence electrons. The zero-order valence-electron chi connectivity index (χ0n) is 26.0. The van der Waals surface area contributed by atoms with Gasteiger partial charge < -0.3 is 10.2 Å². The van der Waals surface area contributed by atoms with Gasteiger partial charge in [0.15, 0.2) is 0 Å². The van der Waals surface area contributed by atoms with E-state index in [4.69, 9.17) is 32.7 Å². The van der Waals surface area contributed by atoms with Crippen molar-refractivity contribution in [2.24, 2.45) is 9.49 Å². The molecule has 0 saturated heterocycles. The molecule has 6 aromatic carbocycles. The minimum Gasteiger partial charge on any atom is -0.872 e. The number of rotatable bonds is 9. The van der Waals surface area contributed by atoms with E-state index in [2.05, 4.69) is 48.5 Å². The summed E-state index contributed by atoms with van der Waals surface area (Å²) in [5.74, 6) is -0.0464. The first-order chi connectivity index (χ1) is 23.1. The molecule has 6 aromatic rings. The van der Waals surface area contributed by atoms with Crippen molar-refractivity contribution in [1.29, 1.82) is 0 Å². The maximum Gasteiger partial charge on any atom is 2.00 e. The Morgan fingerprint density at radius 2 is 0.625 bits per heavy atom. The summed E-state index contributed by atoms with van der Waals surface area (Å²) in [5, 5.41) is 32.7. The first-order valence-corrected chi connectivity index (χ1v) is 19.7. The van der Waals surface area contributed by atoms with Crippen LogP contribution in [0.5, 0.6) is 11.5 Å². The standard InChI is InChI=1S/C38H34N2O2P2.CH2Cl2.Ni/c41-35-25-13-15-27-37(35)43(31-17-5-1-6-18-31,32-19-7-2-8-20-32)39-29-30-40-44(33-21-9-3-10-22-33,34-23-11-4-12-24-34)38-28-16-14-26-36(38)42;2-1-3;/h1-28,41-42H,29-30H2;1H2;/q;;+2/p-2. The molecule has 0 saturated carbocycles. The Balaban J connectivity index is 0.00000125. The van der Waals surface area contributed by atoms with E-state index in [0.717, 1.165) is 21.2 Å². The summed E-state index contributed by atoms with van der Waals surface area (Å²) in [6.07, 6.45) is 0. The molecule has 0 unspecified atom stereocenters. The molecule has 9 heteroatoms. The molecule has 0 aliphatic carbocycles. The van der Waals surface area contributed by atoms with E-state index in [-0.39, 0.29) is 33.3 Å². The average molecular weight is 754 g/mol. The molecule has 0 aliphatic heterocycles. The Kier molecular flexibility index (Phi) is 14.2. The van der Waals surface area contributed by atoms with Gasteiger partial charge in [0.1, 0.15) is 0 Å². The van der Waals surface area contributed by atoms with Crippen LogP contribution in [0, 0.1) is 0 Å². The molecule has 0 aliphatic rings. The van der Waals surface area contributed by atoms with Crippen molar-refractivity contribution in [3.05, 3.63) is 170 Å². The van der Waals surface area contributed by atoms with Crippen molar-refractivity contribution in [2.75, 3.05) is 18.4 Å². The van der Waals surface area contributed by atoms with E-state index < -0.39 is 14.1 Å². The van der Waals surface area contributed by atoms with Crippen molar-refractivity contribution in [1.82, 2.24) is 0 Å². The Hall–Kier alpha value is -3.55. The Morgan fingerprint density at radius 3 is 0.875 bits per heavy atom. The number of nitrogens with zero attached hydrogens (tertiary/aromatic N) is 2. The number of benzene rings is 6. The summed E-state index contributed by atoms with van der Waals surface area (Å²) in [7, 11) is -5.39. The third-order valence-corrected chi connectivity index (χ3v) is 15.2. The maximum absolute atomic E-state index is 13.5. The summed E-state index contributed by atoms with van der Waals surface area (Å²) >= 11 is 9.53. The van der Waals surface area contributed by atoms with Gasteiger partial charge in [-0.15, -0.1) is 23.2 Å². The van der Waals surface area contributed by atoms with Crippen LogP contribution in [0.3, 0.4) is 0 Å². The van der Waals surface area contributed by atoms with Gasteiger partial charge in [0.25, 0.3) is 0 Å². The minimum absolute atomic E-state index is 0. The van der Waals surface area contributed by atoms with Crippen LogP contribution < -0.4 is 42.0 Å². The van der Waals surface area contributed by atoms with Gasteiger partial charge in [0, 0.05) is 21.2 Å². The molecule has 0 atom stereocenters. The van der Waals surface area contributed by atoms with E-state index in [1.807, 2.05) is 97.1 Å².